The number of rotatable bonds is 4. The van der Waals surface area contributed by atoms with E-state index in [2.05, 4.69) is 5.32 Å². The number of hydrogen-bond donors (Lipinski definition) is 1. The highest BCUT2D eigenvalue weighted by molar-refractivity contribution is 6.39. The van der Waals surface area contributed by atoms with Gasteiger partial charge in [-0.2, -0.15) is 0 Å². The van der Waals surface area contributed by atoms with Crippen molar-refractivity contribution in [3.8, 4) is 0 Å². The molecule has 2 aromatic rings. The Balaban J connectivity index is 1.65. The third kappa shape index (κ3) is 4.11. The second-order valence-corrected chi connectivity index (χ2v) is 6.69. The number of nitrogens with one attached hydrogen (secondary N) is 1. The lowest BCUT2D eigenvalue weighted by molar-refractivity contribution is -0.128. The Labute approximate surface area is 154 Å². The summed E-state index contributed by atoms with van der Waals surface area (Å²) in [5, 5.41) is 3.30. The Morgan fingerprint density at radius 1 is 1.20 bits per heavy atom. The van der Waals surface area contributed by atoms with Crippen molar-refractivity contribution in [3.63, 3.8) is 0 Å². The lowest BCUT2D eigenvalue weighted by Crippen LogP contribution is -2.37. The Morgan fingerprint density at radius 2 is 1.88 bits per heavy atom. The number of carbonyl (C=O) groups excluding carboxylic acids is 2. The number of halogens is 3. The quantitative estimate of drug-likeness (QED) is 0.879. The van der Waals surface area contributed by atoms with Crippen LogP contribution in [-0.2, 0) is 11.3 Å². The molecule has 0 saturated carbocycles. The summed E-state index contributed by atoms with van der Waals surface area (Å²) in [5.41, 5.74) is 0.899. The van der Waals surface area contributed by atoms with Crippen molar-refractivity contribution in [2.75, 3.05) is 6.54 Å². The molecule has 7 heteroatoms. The zero-order chi connectivity index (χ0) is 18.0. The van der Waals surface area contributed by atoms with E-state index in [0.29, 0.717) is 18.7 Å². The molecule has 1 saturated heterocycles. The number of benzene rings is 2. The van der Waals surface area contributed by atoms with Crippen molar-refractivity contribution >= 4 is 35.0 Å². The second kappa shape index (κ2) is 7.42. The molecule has 1 heterocycles. The topological polar surface area (TPSA) is 49.4 Å². The Hall–Kier alpha value is -2.11. The number of likely N-dealkylation sites (tertiary alicyclic amines) is 1. The zero-order valence-electron chi connectivity index (χ0n) is 13.1. The van der Waals surface area contributed by atoms with Crippen molar-refractivity contribution < 1.29 is 14.0 Å². The maximum atomic E-state index is 13.3. The molecular formula is C18H15Cl2FN2O2. The van der Waals surface area contributed by atoms with Crippen molar-refractivity contribution in [3.05, 3.63) is 69.5 Å². The molecule has 4 nitrogen and oxygen atoms in total. The van der Waals surface area contributed by atoms with Crippen molar-refractivity contribution in [2.45, 2.75) is 19.0 Å². The number of carbonyl (C=O) groups is 2. The molecule has 0 aromatic heterocycles. The van der Waals surface area contributed by atoms with Crippen LogP contribution in [0, 0.1) is 5.82 Å². The molecule has 1 N–H and O–H groups in total. The van der Waals surface area contributed by atoms with Gasteiger partial charge in [-0.15, -0.1) is 0 Å². The molecule has 2 aromatic carbocycles. The van der Waals surface area contributed by atoms with Crippen LogP contribution in [0.2, 0.25) is 10.0 Å². The highest BCUT2D eigenvalue weighted by Gasteiger charge is 2.31. The Bertz CT molecular complexity index is 808. The highest BCUT2D eigenvalue weighted by Crippen LogP contribution is 2.25. The summed E-state index contributed by atoms with van der Waals surface area (Å²) in [6, 6.07) is 10.6. The minimum atomic E-state index is -0.416. The van der Waals surface area contributed by atoms with Crippen LogP contribution in [0.5, 0.6) is 0 Å². The fraction of sp³-hybridized carbons (Fsp3) is 0.222. The Kier molecular flexibility index (Phi) is 5.25. The minimum Gasteiger partial charge on any atom is -0.347 e. The van der Waals surface area contributed by atoms with Crippen LogP contribution in [0.1, 0.15) is 22.3 Å². The number of amides is 2. The largest absolute Gasteiger partial charge is 0.347 e. The van der Waals surface area contributed by atoms with Crippen molar-refractivity contribution in [1.29, 1.82) is 0 Å². The van der Waals surface area contributed by atoms with Crippen LogP contribution in [0.4, 0.5) is 4.39 Å². The summed E-state index contributed by atoms with van der Waals surface area (Å²) in [6.45, 7) is 0.652. The van der Waals surface area contributed by atoms with Gasteiger partial charge in [0.1, 0.15) is 5.82 Å². The number of hydrogen-bond acceptors (Lipinski definition) is 2. The molecule has 2 amide bonds. The maximum Gasteiger partial charge on any atom is 0.254 e. The maximum absolute atomic E-state index is 13.3. The molecule has 3 rings (SSSR count). The van der Waals surface area contributed by atoms with Crippen molar-refractivity contribution in [1.82, 2.24) is 10.2 Å². The molecule has 0 unspecified atom stereocenters. The molecule has 1 atom stereocenters. The van der Waals surface area contributed by atoms with Gasteiger partial charge in [-0.1, -0.05) is 41.4 Å². The van der Waals surface area contributed by atoms with E-state index in [9.17, 15) is 14.0 Å². The van der Waals surface area contributed by atoms with Gasteiger partial charge in [-0.25, -0.2) is 4.39 Å². The lowest BCUT2D eigenvalue weighted by Gasteiger charge is -2.17. The van der Waals surface area contributed by atoms with Crippen LogP contribution in [-0.4, -0.2) is 29.3 Å². The SMILES string of the molecule is O=C(N[C@H]1CC(=O)N(Cc2cccc(F)c2)C1)c1c(Cl)cccc1Cl. The minimum absolute atomic E-state index is 0.0974. The standard InChI is InChI=1S/C18H15Cl2FN2O2/c19-14-5-2-6-15(20)17(14)18(25)22-13-8-16(24)23(10-13)9-11-3-1-4-12(21)7-11/h1-7,13H,8-10H2,(H,22,25)/t13-/m0/s1. The summed E-state index contributed by atoms with van der Waals surface area (Å²) >= 11 is 12.1. The average molecular weight is 381 g/mol. The molecule has 25 heavy (non-hydrogen) atoms. The van der Waals surface area contributed by atoms with Crippen LogP contribution in [0.3, 0.4) is 0 Å². The summed E-state index contributed by atoms with van der Waals surface area (Å²) in [6.07, 6.45) is 0.184. The average Bonchev–Trinajstić information content (AvgIpc) is 2.86. The van der Waals surface area contributed by atoms with Gasteiger partial charge in [0.15, 0.2) is 0 Å². The van der Waals surface area contributed by atoms with Gasteiger partial charge < -0.3 is 10.2 Å². The van der Waals surface area contributed by atoms with E-state index < -0.39 is 5.91 Å². The van der Waals surface area contributed by atoms with E-state index in [1.165, 1.54) is 12.1 Å². The van der Waals surface area contributed by atoms with E-state index in [0.717, 1.165) is 0 Å². The van der Waals surface area contributed by atoms with Gasteiger partial charge in [0.25, 0.3) is 5.91 Å². The summed E-state index contributed by atoms with van der Waals surface area (Å²) in [5.74, 6) is -0.858. The van der Waals surface area contributed by atoms with Crippen LogP contribution in [0.15, 0.2) is 42.5 Å². The normalized spacial score (nSPS) is 17.0. The first kappa shape index (κ1) is 17.7. The zero-order valence-corrected chi connectivity index (χ0v) is 14.6. The van der Waals surface area contributed by atoms with Crippen LogP contribution >= 0.6 is 23.2 Å². The number of nitrogens with zero attached hydrogens (tertiary/aromatic N) is 1. The monoisotopic (exact) mass is 380 g/mol. The van der Waals surface area contributed by atoms with Gasteiger partial charge in [-0.05, 0) is 29.8 Å². The van der Waals surface area contributed by atoms with E-state index in [1.54, 1.807) is 35.2 Å². The molecule has 0 bridgehead atoms. The van der Waals surface area contributed by atoms with E-state index >= 15 is 0 Å². The van der Waals surface area contributed by atoms with Gasteiger partial charge in [0.2, 0.25) is 5.91 Å². The summed E-state index contributed by atoms with van der Waals surface area (Å²) in [7, 11) is 0. The van der Waals surface area contributed by atoms with Gasteiger partial charge >= 0.3 is 0 Å². The molecule has 1 aliphatic heterocycles. The molecule has 1 fully saturated rings. The molecule has 130 valence electrons. The summed E-state index contributed by atoms with van der Waals surface area (Å²) in [4.78, 5) is 26.1. The van der Waals surface area contributed by atoms with Crippen molar-refractivity contribution in [2.24, 2.45) is 0 Å². The highest BCUT2D eigenvalue weighted by atomic mass is 35.5. The molecular weight excluding hydrogens is 366 g/mol. The predicted octanol–water partition coefficient (Wildman–Crippen LogP) is 3.66. The molecule has 0 spiro atoms. The van der Waals surface area contributed by atoms with Crippen LogP contribution < -0.4 is 5.32 Å². The van der Waals surface area contributed by atoms with E-state index in [4.69, 9.17) is 23.2 Å². The van der Waals surface area contributed by atoms with E-state index in [1.807, 2.05) is 0 Å². The summed E-state index contributed by atoms with van der Waals surface area (Å²) < 4.78 is 13.3. The first-order chi connectivity index (χ1) is 11.9. The fourth-order valence-electron chi connectivity index (χ4n) is 2.85. The first-order valence-corrected chi connectivity index (χ1v) is 8.46. The van der Waals surface area contributed by atoms with Crippen LogP contribution in [0.25, 0.3) is 0 Å². The molecule has 1 aliphatic rings. The lowest BCUT2D eigenvalue weighted by atomic mass is 10.2. The van der Waals surface area contributed by atoms with E-state index in [-0.39, 0.29) is 39.8 Å². The first-order valence-electron chi connectivity index (χ1n) is 7.71. The predicted molar refractivity (Wildman–Crippen MR) is 94.2 cm³/mol. The smallest absolute Gasteiger partial charge is 0.254 e. The fourth-order valence-corrected chi connectivity index (χ4v) is 3.42. The third-order valence-corrected chi connectivity index (χ3v) is 4.63. The third-order valence-electron chi connectivity index (χ3n) is 4.00. The van der Waals surface area contributed by atoms with Gasteiger partial charge in [-0.3, -0.25) is 9.59 Å². The molecule has 0 aliphatic carbocycles. The second-order valence-electron chi connectivity index (χ2n) is 5.88. The van der Waals surface area contributed by atoms with Gasteiger partial charge in [0.05, 0.1) is 21.7 Å². The van der Waals surface area contributed by atoms with Gasteiger partial charge in [0, 0.05) is 19.5 Å². The Morgan fingerprint density at radius 3 is 2.56 bits per heavy atom. The molecule has 0 radical (unpaired) electrons.